The number of para-hydroxylation sites is 1. The van der Waals surface area contributed by atoms with Crippen LogP contribution in [0.15, 0.2) is 30.3 Å². The van der Waals surface area contributed by atoms with Gasteiger partial charge in [-0.2, -0.15) is 0 Å². The van der Waals surface area contributed by atoms with Gasteiger partial charge in [-0.1, -0.05) is 18.2 Å². The summed E-state index contributed by atoms with van der Waals surface area (Å²) in [4.78, 5) is 9.22. The fraction of sp³-hybridized carbons (Fsp3) is 0.375. The number of rotatable bonds is 6. The lowest BCUT2D eigenvalue weighted by Gasteiger charge is -2.12. The minimum absolute atomic E-state index is 0.384. The summed E-state index contributed by atoms with van der Waals surface area (Å²) in [6.45, 7) is 1.70. The van der Waals surface area contributed by atoms with E-state index in [4.69, 9.17) is 10.5 Å². The molecule has 0 unspecified atom stereocenters. The number of anilines is 1. The molecule has 0 fully saturated rings. The Balaban J connectivity index is 1.76. The molecule has 0 spiro atoms. The Morgan fingerprint density at radius 1 is 1.14 bits per heavy atom. The van der Waals surface area contributed by atoms with Gasteiger partial charge in [0.25, 0.3) is 0 Å². The predicted molar refractivity (Wildman–Crippen MR) is 82.4 cm³/mol. The van der Waals surface area contributed by atoms with Crippen molar-refractivity contribution in [2.45, 2.75) is 25.9 Å². The molecule has 1 aliphatic carbocycles. The molecule has 5 nitrogen and oxygen atoms in total. The molecule has 110 valence electrons. The summed E-state index contributed by atoms with van der Waals surface area (Å²) >= 11 is 0. The first kappa shape index (κ1) is 13.8. The number of nitrogens with one attached hydrogen (secondary N) is 1. The lowest BCUT2D eigenvalue weighted by Crippen LogP contribution is -2.17. The molecule has 2 aromatic rings. The first-order valence-corrected chi connectivity index (χ1v) is 7.37. The Labute approximate surface area is 124 Å². The van der Waals surface area contributed by atoms with Gasteiger partial charge in [0.1, 0.15) is 18.2 Å². The Morgan fingerprint density at radius 3 is 2.81 bits per heavy atom. The molecule has 0 saturated carbocycles. The van der Waals surface area contributed by atoms with Crippen LogP contribution in [0, 0.1) is 0 Å². The van der Waals surface area contributed by atoms with Gasteiger partial charge < -0.3 is 15.8 Å². The van der Waals surface area contributed by atoms with E-state index in [1.165, 1.54) is 5.56 Å². The van der Waals surface area contributed by atoms with E-state index >= 15 is 0 Å². The Hall–Kier alpha value is -2.14. The zero-order chi connectivity index (χ0) is 14.5. The van der Waals surface area contributed by atoms with Crippen molar-refractivity contribution in [2.75, 3.05) is 18.4 Å². The summed E-state index contributed by atoms with van der Waals surface area (Å²) in [6, 6.07) is 9.73. The van der Waals surface area contributed by atoms with E-state index in [2.05, 4.69) is 15.3 Å². The molecular formula is C16H20N4O. The third-order valence-corrected chi connectivity index (χ3v) is 3.53. The van der Waals surface area contributed by atoms with Gasteiger partial charge in [0.2, 0.25) is 0 Å². The number of hydrogen-bond donors (Lipinski definition) is 2. The summed E-state index contributed by atoms with van der Waals surface area (Å²) in [6.07, 6.45) is 3.21. The largest absolute Gasteiger partial charge is 0.486 e. The molecule has 0 bridgehead atoms. The highest BCUT2D eigenvalue weighted by molar-refractivity contribution is 5.48. The SMILES string of the molecule is NCCNc1nc(COc2ccccc2)nc2c1CCC2. The molecule has 3 N–H and O–H groups in total. The van der Waals surface area contributed by atoms with Crippen molar-refractivity contribution in [1.82, 2.24) is 9.97 Å². The molecule has 3 rings (SSSR count). The second-order valence-corrected chi connectivity index (χ2v) is 5.08. The van der Waals surface area contributed by atoms with Gasteiger partial charge in [-0.05, 0) is 31.4 Å². The topological polar surface area (TPSA) is 73.1 Å². The number of nitrogens with two attached hydrogens (primary N) is 1. The standard InChI is InChI=1S/C16H20N4O/c17-9-10-18-16-13-7-4-8-14(13)19-15(20-16)11-21-12-5-2-1-3-6-12/h1-3,5-6H,4,7-11,17H2,(H,18,19,20). The molecule has 0 saturated heterocycles. The summed E-state index contributed by atoms with van der Waals surface area (Å²) in [5.41, 5.74) is 7.96. The molecule has 21 heavy (non-hydrogen) atoms. The molecule has 0 aliphatic heterocycles. The highest BCUT2D eigenvalue weighted by atomic mass is 16.5. The Kier molecular flexibility index (Phi) is 4.31. The molecule has 0 radical (unpaired) electrons. The summed E-state index contributed by atoms with van der Waals surface area (Å²) in [5, 5.41) is 3.30. The molecule has 1 aromatic carbocycles. The zero-order valence-electron chi connectivity index (χ0n) is 12.0. The summed E-state index contributed by atoms with van der Waals surface area (Å²) in [7, 11) is 0. The highest BCUT2D eigenvalue weighted by Crippen LogP contribution is 2.26. The second-order valence-electron chi connectivity index (χ2n) is 5.08. The van der Waals surface area contributed by atoms with Crippen LogP contribution >= 0.6 is 0 Å². The lowest BCUT2D eigenvalue weighted by atomic mass is 10.2. The van der Waals surface area contributed by atoms with Gasteiger partial charge >= 0.3 is 0 Å². The van der Waals surface area contributed by atoms with Gasteiger partial charge in [0.15, 0.2) is 5.82 Å². The third-order valence-electron chi connectivity index (χ3n) is 3.53. The van der Waals surface area contributed by atoms with Crippen molar-refractivity contribution in [3.05, 3.63) is 47.4 Å². The van der Waals surface area contributed by atoms with Crippen molar-refractivity contribution < 1.29 is 4.74 Å². The quantitative estimate of drug-likeness (QED) is 0.847. The summed E-state index contributed by atoms with van der Waals surface area (Å²) < 4.78 is 5.73. The molecule has 0 atom stereocenters. The predicted octanol–water partition coefficient (Wildman–Crippen LogP) is 1.91. The van der Waals surface area contributed by atoms with E-state index in [0.717, 1.165) is 48.9 Å². The number of nitrogens with zero attached hydrogens (tertiary/aromatic N) is 2. The van der Waals surface area contributed by atoms with Gasteiger partial charge in [-0.3, -0.25) is 0 Å². The van der Waals surface area contributed by atoms with Crippen LogP contribution in [0.4, 0.5) is 5.82 Å². The maximum Gasteiger partial charge on any atom is 0.168 e. The summed E-state index contributed by atoms with van der Waals surface area (Å²) in [5.74, 6) is 2.48. The van der Waals surface area contributed by atoms with E-state index in [1.54, 1.807) is 0 Å². The van der Waals surface area contributed by atoms with Crippen LogP contribution in [0.25, 0.3) is 0 Å². The van der Waals surface area contributed by atoms with Crippen LogP contribution in [-0.4, -0.2) is 23.1 Å². The van der Waals surface area contributed by atoms with E-state index in [-0.39, 0.29) is 0 Å². The van der Waals surface area contributed by atoms with Crippen molar-refractivity contribution in [2.24, 2.45) is 5.73 Å². The smallest absolute Gasteiger partial charge is 0.168 e. The number of hydrogen-bond acceptors (Lipinski definition) is 5. The van der Waals surface area contributed by atoms with Crippen LogP contribution in [0.3, 0.4) is 0 Å². The fourth-order valence-electron chi connectivity index (χ4n) is 2.55. The lowest BCUT2D eigenvalue weighted by molar-refractivity contribution is 0.295. The van der Waals surface area contributed by atoms with E-state index < -0.39 is 0 Å². The van der Waals surface area contributed by atoms with Gasteiger partial charge in [-0.25, -0.2) is 9.97 Å². The van der Waals surface area contributed by atoms with E-state index in [0.29, 0.717) is 13.2 Å². The first-order chi connectivity index (χ1) is 10.4. The normalized spacial score (nSPS) is 13.0. The number of aromatic nitrogens is 2. The van der Waals surface area contributed by atoms with Crippen molar-refractivity contribution in [1.29, 1.82) is 0 Å². The van der Waals surface area contributed by atoms with Crippen LogP contribution in [0.5, 0.6) is 5.75 Å². The Morgan fingerprint density at radius 2 is 2.00 bits per heavy atom. The monoisotopic (exact) mass is 284 g/mol. The number of ether oxygens (including phenoxy) is 1. The van der Waals surface area contributed by atoms with Crippen molar-refractivity contribution in [3.63, 3.8) is 0 Å². The first-order valence-electron chi connectivity index (χ1n) is 7.37. The molecule has 1 heterocycles. The maximum atomic E-state index is 5.73. The highest BCUT2D eigenvalue weighted by Gasteiger charge is 2.19. The Bertz CT molecular complexity index is 601. The third kappa shape index (κ3) is 3.31. The van der Waals surface area contributed by atoms with Gasteiger partial charge in [0, 0.05) is 24.3 Å². The van der Waals surface area contributed by atoms with E-state index in [1.807, 2.05) is 30.3 Å². The van der Waals surface area contributed by atoms with Crippen LogP contribution in [0.2, 0.25) is 0 Å². The molecule has 1 aromatic heterocycles. The minimum atomic E-state index is 0.384. The van der Waals surface area contributed by atoms with E-state index in [9.17, 15) is 0 Å². The fourth-order valence-corrected chi connectivity index (χ4v) is 2.55. The second kappa shape index (κ2) is 6.54. The van der Waals surface area contributed by atoms with Crippen LogP contribution in [-0.2, 0) is 19.4 Å². The van der Waals surface area contributed by atoms with Crippen LogP contribution < -0.4 is 15.8 Å². The van der Waals surface area contributed by atoms with Gasteiger partial charge in [0.05, 0.1) is 0 Å². The molecule has 1 aliphatic rings. The van der Waals surface area contributed by atoms with Crippen molar-refractivity contribution >= 4 is 5.82 Å². The van der Waals surface area contributed by atoms with Crippen LogP contribution in [0.1, 0.15) is 23.5 Å². The molecule has 0 amide bonds. The average Bonchev–Trinajstić information content (AvgIpc) is 3.00. The number of aryl methyl sites for hydroxylation is 1. The molecular weight excluding hydrogens is 264 g/mol. The van der Waals surface area contributed by atoms with Crippen molar-refractivity contribution in [3.8, 4) is 5.75 Å². The molecule has 5 heteroatoms. The van der Waals surface area contributed by atoms with Gasteiger partial charge in [-0.15, -0.1) is 0 Å². The maximum absolute atomic E-state index is 5.73. The minimum Gasteiger partial charge on any atom is -0.486 e. The average molecular weight is 284 g/mol. The zero-order valence-corrected chi connectivity index (χ0v) is 12.0. The number of fused-ring (bicyclic) bond motifs is 1. The number of benzene rings is 1.